The zero-order chi connectivity index (χ0) is 9.84. The van der Waals surface area contributed by atoms with Crippen LogP contribution in [0.2, 0.25) is 0 Å². The van der Waals surface area contributed by atoms with Crippen LogP contribution in [0.3, 0.4) is 0 Å². The molecule has 0 radical (unpaired) electrons. The molecular formula is C10H13N3. The first-order valence-corrected chi connectivity index (χ1v) is 4.30. The zero-order valence-corrected chi connectivity index (χ0v) is 8.20. The van der Waals surface area contributed by atoms with Gasteiger partial charge in [0, 0.05) is 23.9 Å². The molecule has 0 saturated heterocycles. The summed E-state index contributed by atoms with van der Waals surface area (Å²) in [4.78, 5) is 0. The summed E-state index contributed by atoms with van der Waals surface area (Å²) < 4.78 is 1.94. The van der Waals surface area contributed by atoms with Gasteiger partial charge in [0.1, 0.15) is 0 Å². The molecule has 1 rings (SSSR count). The lowest BCUT2D eigenvalue weighted by molar-refractivity contribution is 0.634. The van der Waals surface area contributed by atoms with Crippen LogP contribution in [0.1, 0.15) is 23.9 Å². The van der Waals surface area contributed by atoms with Crippen LogP contribution >= 0.6 is 0 Å². The number of allylic oxidation sites excluding steroid dienone is 1. The predicted molar refractivity (Wildman–Crippen MR) is 52.0 cm³/mol. The van der Waals surface area contributed by atoms with Crippen LogP contribution in [0.15, 0.2) is 6.08 Å². The topological polar surface area (TPSA) is 41.6 Å². The molecule has 0 N–H and O–H groups in total. The standard InChI is InChI=1S/C10H13N3/c1-4-13-9(3)10(6-5-7-11)8(2)12-13/h5-6H,4H2,1-3H3/b6-5+. The van der Waals surface area contributed by atoms with E-state index in [1.807, 2.05) is 30.7 Å². The van der Waals surface area contributed by atoms with Crippen molar-refractivity contribution < 1.29 is 0 Å². The second kappa shape index (κ2) is 3.90. The molecule has 0 fully saturated rings. The van der Waals surface area contributed by atoms with Crippen molar-refractivity contribution in [3.63, 3.8) is 0 Å². The Morgan fingerprint density at radius 1 is 1.54 bits per heavy atom. The van der Waals surface area contributed by atoms with Gasteiger partial charge in [-0.3, -0.25) is 4.68 Å². The van der Waals surface area contributed by atoms with E-state index >= 15 is 0 Å². The minimum absolute atomic E-state index is 0.868. The van der Waals surface area contributed by atoms with Crippen LogP contribution in [0.4, 0.5) is 0 Å². The summed E-state index contributed by atoms with van der Waals surface area (Å²) in [6.07, 6.45) is 3.29. The SMILES string of the molecule is CCn1nc(C)c(/C=C/C#N)c1C. The summed E-state index contributed by atoms with van der Waals surface area (Å²) in [6.45, 7) is 6.89. The van der Waals surface area contributed by atoms with Crippen molar-refractivity contribution in [2.45, 2.75) is 27.3 Å². The van der Waals surface area contributed by atoms with E-state index in [2.05, 4.69) is 12.0 Å². The molecule has 0 aromatic carbocycles. The molecular weight excluding hydrogens is 162 g/mol. The molecule has 1 aromatic rings. The molecule has 3 heteroatoms. The average molecular weight is 175 g/mol. The van der Waals surface area contributed by atoms with E-state index in [9.17, 15) is 0 Å². The van der Waals surface area contributed by atoms with Gasteiger partial charge in [0.2, 0.25) is 0 Å². The summed E-state index contributed by atoms with van der Waals surface area (Å²) in [6, 6.07) is 1.98. The molecule has 0 aliphatic rings. The van der Waals surface area contributed by atoms with Crippen LogP contribution in [-0.4, -0.2) is 9.78 Å². The van der Waals surface area contributed by atoms with Crippen LogP contribution in [0.5, 0.6) is 0 Å². The normalized spacial score (nSPS) is 10.6. The summed E-state index contributed by atoms with van der Waals surface area (Å²) >= 11 is 0. The molecule has 0 bridgehead atoms. The molecule has 0 amide bonds. The van der Waals surface area contributed by atoms with Crippen molar-refractivity contribution in [3.05, 3.63) is 23.0 Å². The number of rotatable bonds is 2. The lowest BCUT2D eigenvalue weighted by atomic mass is 10.2. The number of aryl methyl sites for hydroxylation is 2. The molecule has 0 spiro atoms. The summed E-state index contributed by atoms with van der Waals surface area (Å²) in [5.74, 6) is 0. The van der Waals surface area contributed by atoms with Gasteiger partial charge in [-0.25, -0.2) is 0 Å². The van der Waals surface area contributed by atoms with E-state index in [-0.39, 0.29) is 0 Å². The van der Waals surface area contributed by atoms with Crippen LogP contribution in [-0.2, 0) is 6.54 Å². The first-order valence-electron chi connectivity index (χ1n) is 4.30. The minimum atomic E-state index is 0.868. The summed E-state index contributed by atoms with van der Waals surface area (Å²) in [5.41, 5.74) is 3.15. The van der Waals surface area contributed by atoms with Crippen molar-refractivity contribution >= 4 is 6.08 Å². The summed E-state index contributed by atoms with van der Waals surface area (Å²) in [5, 5.41) is 12.7. The average Bonchev–Trinajstić information content (AvgIpc) is 2.39. The van der Waals surface area contributed by atoms with E-state index < -0.39 is 0 Å². The molecule has 1 heterocycles. The molecule has 1 aromatic heterocycles. The Balaban J connectivity index is 3.14. The first kappa shape index (κ1) is 9.53. The van der Waals surface area contributed by atoms with E-state index in [0.717, 1.165) is 23.5 Å². The molecule has 0 aliphatic carbocycles. The summed E-state index contributed by atoms with van der Waals surface area (Å²) in [7, 11) is 0. The maximum absolute atomic E-state index is 8.41. The van der Waals surface area contributed by atoms with Gasteiger partial charge in [-0.15, -0.1) is 0 Å². The monoisotopic (exact) mass is 175 g/mol. The van der Waals surface area contributed by atoms with Crippen molar-refractivity contribution in [3.8, 4) is 6.07 Å². The third-order valence-corrected chi connectivity index (χ3v) is 2.06. The third-order valence-electron chi connectivity index (χ3n) is 2.06. The molecule has 68 valence electrons. The Morgan fingerprint density at radius 2 is 2.23 bits per heavy atom. The van der Waals surface area contributed by atoms with Gasteiger partial charge in [0.25, 0.3) is 0 Å². The van der Waals surface area contributed by atoms with Gasteiger partial charge in [-0.1, -0.05) is 0 Å². The lowest BCUT2D eigenvalue weighted by Gasteiger charge is -1.97. The molecule has 3 nitrogen and oxygen atoms in total. The van der Waals surface area contributed by atoms with Gasteiger partial charge in [-0.2, -0.15) is 10.4 Å². The number of hydrogen-bond donors (Lipinski definition) is 0. The maximum Gasteiger partial charge on any atom is 0.0912 e. The highest BCUT2D eigenvalue weighted by molar-refractivity contribution is 5.56. The molecule has 0 aliphatic heterocycles. The van der Waals surface area contributed by atoms with Crippen LogP contribution in [0.25, 0.3) is 6.08 Å². The molecule has 0 unspecified atom stereocenters. The third kappa shape index (κ3) is 1.78. The Labute approximate surface area is 78.3 Å². The highest BCUT2D eigenvalue weighted by atomic mass is 15.3. The van der Waals surface area contributed by atoms with E-state index in [1.165, 1.54) is 6.08 Å². The zero-order valence-electron chi connectivity index (χ0n) is 8.20. The minimum Gasteiger partial charge on any atom is -0.269 e. The van der Waals surface area contributed by atoms with Crippen molar-refractivity contribution in [1.29, 1.82) is 5.26 Å². The fraction of sp³-hybridized carbons (Fsp3) is 0.400. The number of nitriles is 1. The van der Waals surface area contributed by atoms with Crippen molar-refractivity contribution in [1.82, 2.24) is 9.78 Å². The van der Waals surface area contributed by atoms with E-state index in [0.29, 0.717) is 0 Å². The Kier molecular flexibility index (Phi) is 2.86. The Bertz CT molecular complexity index is 366. The second-order valence-corrected chi connectivity index (χ2v) is 2.86. The molecule has 13 heavy (non-hydrogen) atoms. The second-order valence-electron chi connectivity index (χ2n) is 2.86. The smallest absolute Gasteiger partial charge is 0.0912 e. The fourth-order valence-corrected chi connectivity index (χ4v) is 1.38. The van der Waals surface area contributed by atoms with Gasteiger partial charge in [-0.05, 0) is 26.8 Å². The largest absolute Gasteiger partial charge is 0.269 e. The van der Waals surface area contributed by atoms with Crippen LogP contribution < -0.4 is 0 Å². The number of nitrogens with zero attached hydrogens (tertiary/aromatic N) is 3. The molecule has 0 atom stereocenters. The van der Waals surface area contributed by atoms with E-state index in [1.54, 1.807) is 0 Å². The Hall–Kier alpha value is -1.56. The van der Waals surface area contributed by atoms with Gasteiger partial charge in [0.05, 0.1) is 11.8 Å². The highest BCUT2D eigenvalue weighted by Crippen LogP contribution is 2.14. The van der Waals surface area contributed by atoms with Gasteiger partial charge in [0.15, 0.2) is 0 Å². The molecule has 0 saturated carbocycles. The number of aromatic nitrogens is 2. The lowest BCUT2D eigenvalue weighted by Crippen LogP contribution is -1.98. The Morgan fingerprint density at radius 3 is 2.69 bits per heavy atom. The predicted octanol–water partition coefficient (Wildman–Crippen LogP) is 2.06. The maximum atomic E-state index is 8.41. The highest BCUT2D eigenvalue weighted by Gasteiger charge is 2.06. The quantitative estimate of drug-likeness (QED) is 0.645. The number of hydrogen-bond acceptors (Lipinski definition) is 2. The fourth-order valence-electron chi connectivity index (χ4n) is 1.38. The van der Waals surface area contributed by atoms with Crippen LogP contribution in [0, 0.1) is 25.2 Å². The first-order chi connectivity index (χ1) is 6.20. The van der Waals surface area contributed by atoms with Crippen molar-refractivity contribution in [2.24, 2.45) is 0 Å². The van der Waals surface area contributed by atoms with E-state index in [4.69, 9.17) is 5.26 Å². The van der Waals surface area contributed by atoms with Gasteiger partial charge >= 0.3 is 0 Å². The van der Waals surface area contributed by atoms with Crippen molar-refractivity contribution in [2.75, 3.05) is 0 Å². The van der Waals surface area contributed by atoms with Gasteiger partial charge < -0.3 is 0 Å².